The fourth-order valence-electron chi connectivity index (χ4n) is 2.57. The third-order valence-electron chi connectivity index (χ3n) is 3.95. The molecule has 0 atom stereocenters. The van der Waals surface area contributed by atoms with Gasteiger partial charge in [0, 0.05) is 12.2 Å². The molecule has 1 heterocycles. The monoisotopic (exact) mass is 338 g/mol. The smallest absolute Gasteiger partial charge is 0.171 e. The van der Waals surface area contributed by atoms with Crippen molar-refractivity contribution in [2.24, 2.45) is 0 Å². The highest BCUT2D eigenvalue weighted by Gasteiger charge is 2.18. The molecule has 136 valence electrons. The Kier molecular flexibility index (Phi) is 8.53. The molecule has 5 nitrogen and oxygen atoms in total. The summed E-state index contributed by atoms with van der Waals surface area (Å²) in [5, 5.41) is 0. The quantitative estimate of drug-likeness (QED) is 0.426. The van der Waals surface area contributed by atoms with Crippen LogP contribution in [0.4, 0.5) is 0 Å². The van der Waals surface area contributed by atoms with E-state index in [1.165, 1.54) is 11.1 Å². The molecule has 0 unspecified atom stereocenters. The summed E-state index contributed by atoms with van der Waals surface area (Å²) in [5.74, 6) is 1.24. The summed E-state index contributed by atoms with van der Waals surface area (Å²) < 4.78 is 16.7. The van der Waals surface area contributed by atoms with Crippen LogP contribution < -0.4 is 4.89 Å². The van der Waals surface area contributed by atoms with Crippen molar-refractivity contribution in [3.05, 3.63) is 28.8 Å². The van der Waals surface area contributed by atoms with E-state index in [-0.39, 0.29) is 0 Å². The minimum Gasteiger partial charge on any atom is -0.379 e. The van der Waals surface area contributed by atoms with Crippen LogP contribution in [0.25, 0.3) is 0 Å². The molecule has 0 saturated heterocycles. The van der Waals surface area contributed by atoms with Crippen LogP contribution in [0.1, 0.15) is 56.2 Å². The van der Waals surface area contributed by atoms with E-state index >= 15 is 0 Å². The number of fused-ring (bicyclic) bond motifs is 1. The lowest BCUT2D eigenvalue weighted by Crippen LogP contribution is -2.10. The van der Waals surface area contributed by atoms with Crippen molar-refractivity contribution < 1.29 is 24.0 Å². The molecular weight excluding hydrogens is 308 g/mol. The van der Waals surface area contributed by atoms with Gasteiger partial charge in [-0.25, -0.2) is 0 Å². The van der Waals surface area contributed by atoms with Gasteiger partial charge >= 0.3 is 0 Å². The largest absolute Gasteiger partial charge is 0.379 e. The molecule has 0 spiro atoms. The van der Waals surface area contributed by atoms with Crippen LogP contribution in [0.3, 0.4) is 0 Å². The van der Waals surface area contributed by atoms with Gasteiger partial charge in [0.2, 0.25) is 0 Å². The minimum atomic E-state index is 0.412. The number of hydrogen-bond donors (Lipinski definition) is 0. The Bertz CT molecular complexity index is 487. The van der Waals surface area contributed by atoms with E-state index in [9.17, 15) is 0 Å². The zero-order valence-electron chi connectivity index (χ0n) is 15.1. The van der Waals surface area contributed by atoms with Crippen molar-refractivity contribution in [2.75, 3.05) is 33.0 Å². The first kappa shape index (κ1) is 19.2. The molecule has 1 aliphatic heterocycles. The minimum absolute atomic E-state index is 0.412. The molecule has 0 aromatic heterocycles. The lowest BCUT2D eigenvalue weighted by molar-refractivity contribution is -0.194. The summed E-state index contributed by atoms with van der Waals surface area (Å²) in [4.78, 5) is 10.2. The van der Waals surface area contributed by atoms with E-state index in [1.807, 2.05) is 0 Å². The molecule has 1 aromatic rings. The average Bonchev–Trinajstić information content (AvgIpc) is 3.03. The second kappa shape index (κ2) is 10.7. The molecule has 0 saturated carbocycles. The lowest BCUT2D eigenvalue weighted by atomic mass is 9.95. The molecular formula is C19H30O5. The molecule has 24 heavy (non-hydrogen) atoms. The summed E-state index contributed by atoms with van der Waals surface area (Å²) in [6, 6.07) is 4.19. The van der Waals surface area contributed by atoms with Crippen molar-refractivity contribution >= 4 is 0 Å². The zero-order valence-corrected chi connectivity index (χ0v) is 15.1. The summed E-state index contributed by atoms with van der Waals surface area (Å²) in [6.07, 6.45) is 2.27. The molecule has 5 heteroatoms. The van der Waals surface area contributed by atoms with Crippen molar-refractivity contribution in [3.63, 3.8) is 0 Å². The predicted octanol–water partition coefficient (Wildman–Crippen LogP) is 3.98. The maximum absolute atomic E-state index is 5.77. The van der Waals surface area contributed by atoms with E-state index in [2.05, 4.69) is 32.9 Å². The number of unbranched alkanes of at least 4 members (excludes halogenated alkanes) is 1. The van der Waals surface area contributed by atoms with Gasteiger partial charge in [0.1, 0.15) is 6.61 Å². The molecule has 0 radical (unpaired) electrons. The highest BCUT2D eigenvalue weighted by atomic mass is 17.2. The summed E-state index contributed by atoms with van der Waals surface area (Å²) in [7, 11) is 0. The fourth-order valence-corrected chi connectivity index (χ4v) is 2.57. The van der Waals surface area contributed by atoms with Gasteiger partial charge in [-0.15, -0.1) is 0 Å². The van der Waals surface area contributed by atoms with Gasteiger partial charge in [0.15, 0.2) is 5.75 Å². The topological polar surface area (TPSA) is 46.2 Å². The second-order valence-corrected chi connectivity index (χ2v) is 6.29. The number of ether oxygens (including phenoxy) is 3. The Morgan fingerprint density at radius 2 is 1.71 bits per heavy atom. The summed E-state index contributed by atoms with van der Waals surface area (Å²) in [6.45, 7) is 10.8. The number of benzene rings is 1. The van der Waals surface area contributed by atoms with E-state index in [0.717, 1.165) is 30.8 Å². The Morgan fingerprint density at radius 1 is 1.00 bits per heavy atom. The number of hydrogen-bond acceptors (Lipinski definition) is 5. The maximum Gasteiger partial charge on any atom is 0.171 e. The van der Waals surface area contributed by atoms with E-state index in [1.54, 1.807) is 0 Å². The molecule has 0 bridgehead atoms. The molecule has 0 amide bonds. The third-order valence-corrected chi connectivity index (χ3v) is 3.95. The standard InChI is InChI=1S/C19H30O5/c1-4-5-6-20-7-8-21-9-10-22-13-16-11-17-14-23-24-19(17)12-18(16)15(2)3/h11-12,15H,4-10,13-14H2,1-3H3. The van der Waals surface area contributed by atoms with Crippen LogP contribution in [0.15, 0.2) is 12.1 Å². The second-order valence-electron chi connectivity index (χ2n) is 6.29. The summed E-state index contributed by atoms with van der Waals surface area (Å²) >= 11 is 0. The van der Waals surface area contributed by atoms with Crippen molar-refractivity contribution in [2.45, 2.75) is 52.7 Å². The average molecular weight is 338 g/mol. The van der Waals surface area contributed by atoms with Gasteiger partial charge in [0.05, 0.1) is 33.0 Å². The zero-order chi connectivity index (χ0) is 17.2. The Morgan fingerprint density at radius 3 is 2.42 bits per heavy atom. The fraction of sp³-hybridized carbons (Fsp3) is 0.684. The van der Waals surface area contributed by atoms with Gasteiger partial charge in [-0.1, -0.05) is 27.2 Å². The van der Waals surface area contributed by atoms with Crippen LogP contribution in [0.5, 0.6) is 5.75 Å². The van der Waals surface area contributed by atoms with Crippen LogP contribution in [-0.4, -0.2) is 33.0 Å². The van der Waals surface area contributed by atoms with Crippen molar-refractivity contribution in [3.8, 4) is 5.75 Å². The molecule has 1 aliphatic rings. The van der Waals surface area contributed by atoms with Crippen LogP contribution in [0.2, 0.25) is 0 Å². The van der Waals surface area contributed by atoms with Gasteiger partial charge in [-0.2, -0.15) is 4.89 Å². The number of rotatable bonds is 12. The third kappa shape index (κ3) is 6.06. The maximum atomic E-state index is 5.77. The van der Waals surface area contributed by atoms with Gasteiger partial charge in [-0.3, -0.25) is 0 Å². The lowest BCUT2D eigenvalue weighted by Gasteiger charge is -2.14. The first-order valence-corrected chi connectivity index (χ1v) is 8.90. The molecule has 0 aliphatic carbocycles. The predicted molar refractivity (Wildman–Crippen MR) is 92.2 cm³/mol. The first-order chi connectivity index (χ1) is 11.7. The summed E-state index contributed by atoms with van der Waals surface area (Å²) in [5.41, 5.74) is 3.52. The Hall–Kier alpha value is -1.14. The van der Waals surface area contributed by atoms with Crippen LogP contribution in [0, 0.1) is 0 Å². The van der Waals surface area contributed by atoms with Gasteiger partial charge in [-0.05, 0) is 35.6 Å². The van der Waals surface area contributed by atoms with E-state index in [0.29, 0.717) is 45.6 Å². The van der Waals surface area contributed by atoms with Crippen LogP contribution in [-0.2, 0) is 32.3 Å². The molecule has 2 rings (SSSR count). The van der Waals surface area contributed by atoms with Gasteiger partial charge < -0.3 is 19.1 Å². The van der Waals surface area contributed by atoms with Gasteiger partial charge in [0.25, 0.3) is 0 Å². The Balaban J connectivity index is 1.65. The molecule has 0 N–H and O–H groups in total. The Labute approximate surface area is 145 Å². The van der Waals surface area contributed by atoms with E-state index in [4.69, 9.17) is 24.0 Å². The van der Waals surface area contributed by atoms with Crippen molar-refractivity contribution in [1.29, 1.82) is 0 Å². The normalized spacial score (nSPS) is 13.3. The molecule has 0 fully saturated rings. The van der Waals surface area contributed by atoms with E-state index < -0.39 is 0 Å². The SMILES string of the molecule is CCCCOCCOCCOCc1cc2c(cc1C(C)C)OOC2. The van der Waals surface area contributed by atoms with Crippen LogP contribution >= 0.6 is 0 Å². The van der Waals surface area contributed by atoms with Crippen molar-refractivity contribution in [1.82, 2.24) is 0 Å². The first-order valence-electron chi connectivity index (χ1n) is 8.90. The highest BCUT2D eigenvalue weighted by molar-refractivity contribution is 5.44. The molecule has 1 aromatic carbocycles. The highest BCUT2D eigenvalue weighted by Crippen LogP contribution is 2.33.